The summed E-state index contributed by atoms with van der Waals surface area (Å²) in [5, 5.41) is 8.67. The van der Waals surface area contributed by atoms with Gasteiger partial charge in [-0.05, 0) is 24.7 Å². The van der Waals surface area contributed by atoms with Crippen LogP contribution in [0.2, 0.25) is 0 Å². The summed E-state index contributed by atoms with van der Waals surface area (Å²) in [4.78, 5) is 10.6. The van der Waals surface area contributed by atoms with Gasteiger partial charge in [-0.15, -0.1) is 0 Å². The molecule has 3 N–H and O–H groups in total. The Balaban J connectivity index is 2.43. The molecule has 1 unspecified atom stereocenters. The minimum absolute atomic E-state index is 0.0482. The van der Waals surface area contributed by atoms with Crippen molar-refractivity contribution in [2.45, 2.75) is 31.7 Å². The van der Waals surface area contributed by atoms with Crippen molar-refractivity contribution in [3.8, 4) is 0 Å². The molecule has 13 heavy (non-hydrogen) atoms. The van der Waals surface area contributed by atoms with Crippen molar-refractivity contribution >= 4 is 5.97 Å². The molecule has 4 nitrogen and oxygen atoms in total. The monoisotopic (exact) mass is 187 g/mol. The maximum Gasteiger partial charge on any atom is 0.320 e. The lowest BCUT2D eigenvalue weighted by Gasteiger charge is -2.42. The van der Waals surface area contributed by atoms with Gasteiger partial charge in [-0.3, -0.25) is 4.79 Å². The molecule has 4 heteroatoms. The number of carbonyl (C=O) groups is 1. The van der Waals surface area contributed by atoms with Crippen molar-refractivity contribution in [2.75, 3.05) is 13.7 Å². The molecule has 0 radical (unpaired) electrons. The smallest absolute Gasteiger partial charge is 0.320 e. The van der Waals surface area contributed by atoms with Crippen LogP contribution in [0, 0.1) is 5.41 Å². The Bertz CT molecular complexity index is 189. The predicted molar refractivity (Wildman–Crippen MR) is 48.4 cm³/mol. The van der Waals surface area contributed by atoms with Crippen LogP contribution in [-0.2, 0) is 9.53 Å². The second-order valence-corrected chi connectivity index (χ2v) is 3.94. The van der Waals surface area contributed by atoms with Crippen molar-refractivity contribution in [3.05, 3.63) is 0 Å². The maximum atomic E-state index is 10.6. The van der Waals surface area contributed by atoms with Crippen molar-refractivity contribution in [1.29, 1.82) is 0 Å². The molecule has 0 aliphatic heterocycles. The van der Waals surface area contributed by atoms with Gasteiger partial charge in [0.05, 0.1) is 6.61 Å². The number of carboxylic acid groups (broad SMARTS) is 1. The molecule has 0 amide bonds. The molecule has 1 rings (SSSR count). The van der Waals surface area contributed by atoms with Gasteiger partial charge in [0.2, 0.25) is 0 Å². The van der Waals surface area contributed by atoms with Crippen molar-refractivity contribution in [1.82, 2.24) is 0 Å². The average Bonchev–Trinajstić information content (AvgIpc) is 2.00. The lowest BCUT2D eigenvalue weighted by Crippen LogP contribution is -2.43. The Morgan fingerprint density at radius 1 is 1.69 bits per heavy atom. The Kier molecular flexibility index (Phi) is 3.27. The summed E-state index contributed by atoms with van der Waals surface area (Å²) in [6, 6.07) is -0.740. The van der Waals surface area contributed by atoms with Crippen molar-refractivity contribution < 1.29 is 14.6 Å². The van der Waals surface area contributed by atoms with E-state index in [9.17, 15) is 4.79 Å². The number of nitrogens with two attached hydrogens (primary N) is 1. The largest absolute Gasteiger partial charge is 0.480 e. The van der Waals surface area contributed by atoms with Crippen LogP contribution in [0.15, 0.2) is 0 Å². The summed E-state index contributed by atoms with van der Waals surface area (Å²) in [5.41, 5.74) is 5.54. The third kappa shape index (κ3) is 2.42. The first kappa shape index (κ1) is 10.5. The third-order valence-electron chi connectivity index (χ3n) is 2.83. The van der Waals surface area contributed by atoms with Gasteiger partial charge in [-0.25, -0.2) is 0 Å². The SMILES string of the molecule is COCC1(CC(N)C(=O)O)CCC1. The lowest BCUT2D eigenvalue weighted by atomic mass is 9.66. The highest BCUT2D eigenvalue weighted by atomic mass is 16.5. The van der Waals surface area contributed by atoms with E-state index in [0.29, 0.717) is 13.0 Å². The lowest BCUT2D eigenvalue weighted by molar-refractivity contribution is -0.140. The highest BCUT2D eigenvalue weighted by Crippen LogP contribution is 2.44. The Morgan fingerprint density at radius 2 is 2.31 bits per heavy atom. The third-order valence-corrected chi connectivity index (χ3v) is 2.83. The molecule has 0 heterocycles. The van der Waals surface area contributed by atoms with Crippen molar-refractivity contribution in [3.63, 3.8) is 0 Å². The number of hydrogen-bond acceptors (Lipinski definition) is 3. The van der Waals surface area contributed by atoms with E-state index in [-0.39, 0.29) is 5.41 Å². The maximum absolute atomic E-state index is 10.6. The van der Waals surface area contributed by atoms with Crippen LogP contribution in [0.5, 0.6) is 0 Å². The van der Waals surface area contributed by atoms with Crippen LogP contribution < -0.4 is 5.73 Å². The van der Waals surface area contributed by atoms with Crippen LogP contribution in [0.3, 0.4) is 0 Å². The van der Waals surface area contributed by atoms with Crippen molar-refractivity contribution in [2.24, 2.45) is 11.1 Å². The van der Waals surface area contributed by atoms with E-state index >= 15 is 0 Å². The molecular weight excluding hydrogens is 170 g/mol. The molecule has 0 aromatic carbocycles. The van der Waals surface area contributed by atoms with Crippen LogP contribution in [-0.4, -0.2) is 30.8 Å². The normalized spacial score (nSPS) is 22.0. The van der Waals surface area contributed by atoms with E-state index in [4.69, 9.17) is 15.6 Å². The van der Waals surface area contributed by atoms with E-state index in [2.05, 4.69) is 0 Å². The Hall–Kier alpha value is -0.610. The second-order valence-electron chi connectivity index (χ2n) is 3.94. The van der Waals surface area contributed by atoms with E-state index in [1.807, 2.05) is 0 Å². The van der Waals surface area contributed by atoms with E-state index in [1.54, 1.807) is 7.11 Å². The van der Waals surface area contributed by atoms with Gasteiger partial charge >= 0.3 is 5.97 Å². The van der Waals surface area contributed by atoms with Crippen LogP contribution >= 0.6 is 0 Å². The van der Waals surface area contributed by atoms with Crippen LogP contribution in [0.1, 0.15) is 25.7 Å². The summed E-state index contributed by atoms with van der Waals surface area (Å²) >= 11 is 0. The average molecular weight is 187 g/mol. The molecule has 1 aliphatic carbocycles. The van der Waals surface area contributed by atoms with Gasteiger partial charge in [0, 0.05) is 7.11 Å². The van der Waals surface area contributed by atoms with Crippen LogP contribution in [0.4, 0.5) is 0 Å². The fourth-order valence-electron chi connectivity index (χ4n) is 1.94. The van der Waals surface area contributed by atoms with Gasteiger partial charge in [-0.1, -0.05) is 6.42 Å². The molecule has 0 aromatic rings. The first-order valence-electron chi connectivity index (χ1n) is 4.57. The quantitative estimate of drug-likeness (QED) is 0.661. The molecule has 1 aliphatic rings. The van der Waals surface area contributed by atoms with Gasteiger partial charge in [0.15, 0.2) is 0 Å². The first-order valence-corrected chi connectivity index (χ1v) is 4.57. The minimum atomic E-state index is -0.914. The summed E-state index contributed by atoms with van der Waals surface area (Å²) in [5.74, 6) is -0.914. The zero-order valence-corrected chi connectivity index (χ0v) is 7.95. The number of ether oxygens (including phenoxy) is 1. The highest BCUT2D eigenvalue weighted by molar-refractivity contribution is 5.73. The fourth-order valence-corrected chi connectivity index (χ4v) is 1.94. The molecule has 0 bridgehead atoms. The Labute approximate surface area is 78.1 Å². The van der Waals surface area contributed by atoms with Crippen LogP contribution in [0.25, 0.3) is 0 Å². The summed E-state index contributed by atoms with van der Waals surface area (Å²) < 4.78 is 5.08. The minimum Gasteiger partial charge on any atom is -0.480 e. The molecule has 0 spiro atoms. The second kappa shape index (κ2) is 4.07. The zero-order valence-electron chi connectivity index (χ0n) is 7.95. The molecule has 0 saturated heterocycles. The Morgan fingerprint density at radius 3 is 2.62 bits per heavy atom. The number of hydrogen-bond donors (Lipinski definition) is 2. The molecule has 1 atom stereocenters. The van der Waals surface area contributed by atoms with E-state index in [1.165, 1.54) is 0 Å². The van der Waals surface area contributed by atoms with Gasteiger partial charge in [-0.2, -0.15) is 0 Å². The molecule has 0 aromatic heterocycles. The van der Waals surface area contributed by atoms with Gasteiger partial charge in [0.1, 0.15) is 6.04 Å². The number of aliphatic carboxylic acids is 1. The summed E-state index contributed by atoms with van der Waals surface area (Å²) in [6.07, 6.45) is 3.79. The number of methoxy groups -OCH3 is 1. The topological polar surface area (TPSA) is 72.5 Å². The first-order chi connectivity index (χ1) is 6.09. The summed E-state index contributed by atoms with van der Waals surface area (Å²) in [6.45, 7) is 0.633. The van der Waals surface area contributed by atoms with Gasteiger partial charge < -0.3 is 15.6 Å². The fraction of sp³-hybridized carbons (Fsp3) is 0.889. The molecule has 76 valence electrons. The highest BCUT2D eigenvalue weighted by Gasteiger charge is 2.39. The van der Waals surface area contributed by atoms with E-state index in [0.717, 1.165) is 19.3 Å². The molecular formula is C9H17NO3. The van der Waals surface area contributed by atoms with E-state index < -0.39 is 12.0 Å². The number of rotatable bonds is 5. The zero-order chi connectivity index (χ0) is 9.90. The summed E-state index contributed by atoms with van der Waals surface area (Å²) in [7, 11) is 1.65. The number of carboxylic acids is 1. The van der Waals surface area contributed by atoms with Gasteiger partial charge in [0.25, 0.3) is 0 Å². The predicted octanol–water partition coefficient (Wildman–Crippen LogP) is 0.605. The molecule has 1 saturated carbocycles. The standard InChI is InChI=1S/C9H17NO3/c1-13-6-9(3-2-4-9)5-7(10)8(11)12/h7H,2-6,10H2,1H3,(H,11,12). The molecule has 1 fully saturated rings.